The largest absolute Gasteiger partial charge is 0.284 e. The number of hydrazine groups is 1. The summed E-state index contributed by atoms with van der Waals surface area (Å²) >= 11 is 18.8. The molecule has 1 amide bonds. The fourth-order valence-electron chi connectivity index (χ4n) is 3.67. The average Bonchev–Trinajstić information content (AvgIpc) is 3.18. The van der Waals surface area contributed by atoms with E-state index in [-0.39, 0.29) is 5.91 Å². The number of anilines is 1. The third kappa shape index (κ3) is 4.69. The van der Waals surface area contributed by atoms with Gasteiger partial charge in [-0.05, 0) is 42.7 Å². The highest BCUT2D eigenvalue weighted by Crippen LogP contribution is 2.41. The third-order valence-electron chi connectivity index (χ3n) is 5.12. The molecule has 0 aromatic heterocycles. The lowest BCUT2D eigenvalue weighted by Crippen LogP contribution is -2.47. The van der Waals surface area contributed by atoms with Crippen LogP contribution in [-0.4, -0.2) is 36.3 Å². The Balaban J connectivity index is 1.61. The van der Waals surface area contributed by atoms with Crippen LogP contribution in [0.25, 0.3) is 11.1 Å². The Kier molecular flexibility index (Phi) is 6.30. The summed E-state index contributed by atoms with van der Waals surface area (Å²) in [5, 5.41) is 10.0. The van der Waals surface area contributed by atoms with Crippen molar-refractivity contribution < 1.29 is 4.79 Å². The molecule has 2 aromatic carbocycles. The zero-order valence-electron chi connectivity index (χ0n) is 15.8. The Labute approximate surface area is 185 Å². The fourth-order valence-corrected chi connectivity index (χ4v) is 4.39. The standard InChI is InChI=1S/C21H21Cl3N4O/c22-15-6-4-14(5-7-15)17-12-16(23)13-18(24)20(17)28-11-8-19(25-28)21(29)26-27-9-2-1-3-10-27/h4-7,12-13H,1-3,8-11H2,(H,26,29). The summed E-state index contributed by atoms with van der Waals surface area (Å²) in [5.74, 6) is -0.146. The zero-order chi connectivity index (χ0) is 20.4. The Morgan fingerprint density at radius 1 is 0.931 bits per heavy atom. The van der Waals surface area contributed by atoms with Crippen molar-refractivity contribution in [3.8, 4) is 11.1 Å². The van der Waals surface area contributed by atoms with Crippen molar-refractivity contribution in [1.82, 2.24) is 10.4 Å². The molecule has 0 bridgehead atoms. The van der Waals surface area contributed by atoms with Crippen molar-refractivity contribution in [3.63, 3.8) is 0 Å². The fraction of sp³-hybridized carbons (Fsp3) is 0.333. The van der Waals surface area contributed by atoms with Crippen molar-refractivity contribution in [3.05, 3.63) is 51.5 Å². The maximum Gasteiger partial charge on any atom is 0.281 e. The first-order chi connectivity index (χ1) is 14.0. The summed E-state index contributed by atoms with van der Waals surface area (Å²) in [7, 11) is 0. The molecule has 5 nitrogen and oxygen atoms in total. The molecule has 0 aliphatic carbocycles. The van der Waals surface area contributed by atoms with E-state index in [0.29, 0.717) is 33.7 Å². The first kappa shape index (κ1) is 20.5. The van der Waals surface area contributed by atoms with E-state index < -0.39 is 0 Å². The van der Waals surface area contributed by atoms with Crippen LogP contribution in [0.5, 0.6) is 0 Å². The van der Waals surface area contributed by atoms with Gasteiger partial charge in [0.25, 0.3) is 5.91 Å². The number of hydrazone groups is 1. The van der Waals surface area contributed by atoms with Crippen molar-refractivity contribution in [1.29, 1.82) is 0 Å². The topological polar surface area (TPSA) is 47.9 Å². The van der Waals surface area contributed by atoms with Gasteiger partial charge in [-0.25, -0.2) is 5.01 Å². The molecule has 152 valence electrons. The summed E-state index contributed by atoms with van der Waals surface area (Å²) in [6.07, 6.45) is 3.97. The molecular formula is C21H21Cl3N4O. The quantitative estimate of drug-likeness (QED) is 0.677. The lowest BCUT2D eigenvalue weighted by Gasteiger charge is -2.26. The van der Waals surface area contributed by atoms with Gasteiger partial charge in [0.2, 0.25) is 0 Å². The van der Waals surface area contributed by atoms with E-state index >= 15 is 0 Å². The molecule has 0 radical (unpaired) electrons. The Hall–Kier alpha value is -1.79. The van der Waals surface area contributed by atoms with Gasteiger partial charge < -0.3 is 0 Å². The summed E-state index contributed by atoms with van der Waals surface area (Å²) in [6, 6.07) is 11.0. The minimum atomic E-state index is -0.146. The number of nitrogens with zero attached hydrogens (tertiary/aromatic N) is 3. The lowest BCUT2D eigenvalue weighted by molar-refractivity contribution is -0.119. The van der Waals surface area contributed by atoms with Crippen LogP contribution >= 0.6 is 34.8 Å². The number of piperidine rings is 1. The molecule has 2 heterocycles. The number of amides is 1. The number of rotatable bonds is 4. The predicted molar refractivity (Wildman–Crippen MR) is 120 cm³/mol. The molecule has 0 saturated carbocycles. The predicted octanol–water partition coefficient (Wildman–Crippen LogP) is 5.40. The van der Waals surface area contributed by atoms with Crippen molar-refractivity contribution in [2.24, 2.45) is 5.10 Å². The SMILES string of the molecule is O=C(NN1CCCCC1)C1=NN(c2c(Cl)cc(Cl)cc2-c2ccc(Cl)cc2)CC1. The number of nitrogens with one attached hydrogen (secondary N) is 1. The summed E-state index contributed by atoms with van der Waals surface area (Å²) in [4.78, 5) is 12.6. The average molecular weight is 452 g/mol. The van der Waals surface area contributed by atoms with Gasteiger partial charge in [0, 0.05) is 41.7 Å². The number of hydrogen-bond donors (Lipinski definition) is 1. The number of hydrogen-bond acceptors (Lipinski definition) is 4. The normalized spacial score (nSPS) is 17.3. The van der Waals surface area contributed by atoms with E-state index in [9.17, 15) is 4.79 Å². The first-order valence-corrected chi connectivity index (χ1v) is 10.8. The van der Waals surface area contributed by atoms with E-state index in [1.807, 2.05) is 35.3 Å². The molecular weight excluding hydrogens is 431 g/mol. The number of carbonyl (C=O) groups is 1. The van der Waals surface area contributed by atoms with E-state index in [1.165, 1.54) is 6.42 Å². The van der Waals surface area contributed by atoms with E-state index in [0.717, 1.165) is 42.7 Å². The second-order valence-electron chi connectivity index (χ2n) is 7.20. The van der Waals surface area contributed by atoms with Crippen LogP contribution in [0.4, 0.5) is 5.69 Å². The highest BCUT2D eigenvalue weighted by atomic mass is 35.5. The molecule has 2 aliphatic heterocycles. The summed E-state index contributed by atoms with van der Waals surface area (Å²) in [6.45, 7) is 2.34. The second kappa shape index (κ2) is 8.92. The molecule has 1 N–H and O–H groups in total. The first-order valence-electron chi connectivity index (χ1n) is 9.67. The molecule has 4 rings (SSSR count). The van der Waals surface area contributed by atoms with Crippen LogP contribution in [-0.2, 0) is 4.79 Å². The number of halogens is 3. The van der Waals surface area contributed by atoms with Crippen LogP contribution in [0, 0.1) is 0 Å². The number of carbonyl (C=O) groups excluding carboxylic acids is 1. The molecule has 0 spiro atoms. The molecule has 1 saturated heterocycles. The van der Waals surface area contributed by atoms with Gasteiger partial charge in [0.15, 0.2) is 0 Å². The van der Waals surface area contributed by atoms with Crippen LogP contribution in [0.15, 0.2) is 41.5 Å². The van der Waals surface area contributed by atoms with Gasteiger partial charge in [-0.15, -0.1) is 0 Å². The van der Waals surface area contributed by atoms with Crippen LogP contribution in [0.3, 0.4) is 0 Å². The molecule has 0 atom stereocenters. The highest BCUT2D eigenvalue weighted by Gasteiger charge is 2.27. The van der Waals surface area contributed by atoms with Crippen molar-refractivity contribution in [2.75, 3.05) is 24.6 Å². The second-order valence-corrected chi connectivity index (χ2v) is 8.48. The Morgan fingerprint density at radius 3 is 2.38 bits per heavy atom. The third-order valence-corrected chi connectivity index (χ3v) is 5.88. The van der Waals surface area contributed by atoms with Crippen molar-refractivity contribution >= 4 is 52.1 Å². The zero-order valence-corrected chi connectivity index (χ0v) is 18.1. The van der Waals surface area contributed by atoms with Crippen LogP contribution in [0.2, 0.25) is 15.1 Å². The van der Waals surface area contributed by atoms with Crippen LogP contribution < -0.4 is 10.4 Å². The summed E-state index contributed by atoms with van der Waals surface area (Å²) < 4.78 is 0. The Morgan fingerprint density at radius 2 is 1.66 bits per heavy atom. The van der Waals surface area contributed by atoms with Gasteiger partial charge in [0.05, 0.1) is 10.7 Å². The minimum absolute atomic E-state index is 0.146. The van der Waals surface area contributed by atoms with Gasteiger partial charge in [0.1, 0.15) is 5.71 Å². The molecule has 29 heavy (non-hydrogen) atoms. The van der Waals surface area contributed by atoms with Gasteiger partial charge in [-0.3, -0.25) is 15.2 Å². The van der Waals surface area contributed by atoms with Gasteiger partial charge in [-0.2, -0.15) is 5.10 Å². The number of benzene rings is 2. The van der Waals surface area contributed by atoms with Crippen LogP contribution in [0.1, 0.15) is 25.7 Å². The van der Waals surface area contributed by atoms with E-state index in [4.69, 9.17) is 34.8 Å². The van der Waals surface area contributed by atoms with Gasteiger partial charge >= 0.3 is 0 Å². The van der Waals surface area contributed by atoms with E-state index in [2.05, 4.69) is 10.5 Å². The highest BCUT2D eigenvalue weighted by molar-refractivity contribution is 6.40. The van der Waals surface area contributed by atoms with Gasteiger partial charge in [-0.1, -0.05) is 53.4 Å². The molecule has 1 fully saturated rings. The monoisotopic (exact) mass is 450 g/mol. The maximum atomic E-state index is 12.6. The smallest absolute Gasteiger partial charge is 0.281 e. The van der Waals surface area contributed by atoms with Crippen molar-refractivity contribution in [2.45, 2.75) is 25.7 Å². The summed E-state index contributed by atoms with van der Waals surface area (Å²) in [5.41, 5.74) is 5.99. The minimum Gasteiger partial charge on any atom is -0.284 e. The van der Waals surface area contributed by atoms with E-state index in [1.54, 1.807) is 11.1 Å². The molecule has 2 aliphatic rings. The maximum absolute atomic E-state index is 12.6. The molecule has 8 heteroatoms. The molecule has 0 unspecified atom stereocenters. The Bertz CT molecular complexity index is 940. The lowest BCUT2D eigenvalue weighted by atomic mass is 10.0. The molecule has 2 aromatic rings.